The van der Waals surface area contributed by atoms with E-state index in [1.807, 2.05) is 12.1 Å². The van der Waals surface area contributed by atoms with Crippen LogP contribution >= 0.6 is 0 Å². The molecule has 0 radical (unpaired) electrons. The van der Waals surface area contributed by atoms with Crippen LogP contribution < -0.4 is 0 Å². The third kappa shape index (κ3) is 1.46. The Kier molecular flexibility index (Phi) is 2.18. The van der Waals surface area contributed by atoms with E-state index >= 15 is 0 Å². The predicted molar refractivity (Wildman–Crippen MR) is 51.8 cm³/mol. The van der Waals surface area contributed by atoms with Crippen molar-refractivity contribution in [1.82, 2.24) is 9.97 Å². The largest absolute Gasteiger partial charge is 0.469 e. The highest BCUT2D eigenvalue weighted by Gasteiger charge is 2.08. The summed E-state index contributed by atoms with van der Waals surface area (Å²) in [5.74, 6) is -0.253. The van der Waals surface area contributed by atoms with Crippen LogP contribution in [0, 0.1) is 0 Å². The minimum absolute atomic E-state index is 0.253. The number of esters is 1. The molecule has 72 valence electrons. The molecule has 0 unspecified atom stereocenters. The molecule has 0 aliphatic rings. The maximum atomic E-state index is 11.1. The Labute approximate surface area is 80.9 Å². The number of aromatic nitrogens is 2. The summed E-state index contributed by atoms with van der Waals surface area (Å²) in [6.07, 6.45) is 3.75. The molecule has 2 aromatic heterocycles. The Hall–Kier alpha value is -1.84. The third-order valence-electron chi connectivity index (χ3n) is 2.08. The van der Waals surface area contributed by atoms with Gasteiger partial charge in [0.2, 0.25) is 0 Å². The van der Waals surface area contributed by atoms with E-state index in [-0.39, 0.29) is 12.4 Å². The van der Waals surface area contributed by atoms with Crippen molar-refractivity contribution in [2.45, 2.75) is 6.42 Å². The van der Waals surface area contributed by atoms with E-state index in [4.69, 9.17) is 0 Å². The van der Waals surface area contributed by atoms with Crippen molar-refractivity contribution in [2.24, 2.45) is 0 Å². The smallest absolute Gasteiger partial charge is 0.310 e. The molecule has 0 aliphatic carbocycles. The molecule has 4 heteroatoms. The Morgan fingerprint density at radius 3 is 3.29 bits per heavy atom. The van der Waals surface area contributed by atoms with Gasteiger partial charge in [0, 0.05) is 18.0 Å². The van der Waals surface area contributed by atoms with Crippen LogP contribution in [0.4, 0.5) is 0 Å². The summed E-state index contributed by atoms with van der Waals surface area (Å²) in [5.41, 5.74) is 2.64. The molecule has 4 nitrogen and oxygen atoms in total. The van der Waals surface area contributed by atoms with Gasteiger partial charge in [-0.15, -0.1) is 0 Å². The zero-order valence-electron chi connectivity index (χ0n) is 7.78. The van der Waals surface area contributed by atoms with Crippen LogP contribution in [-0.2, 0) is 16.0 Å². The van der Waals surface area contributed by atoms with Crippen molar-refractivity contribution in [3.05, 3.63) is 30.1 Å². The number of hydrogen-bond donors (Lipinski definition) is 1. The van der Waals surface area contributed by atoms with E-state index in [2.05, 4.69) is 14.7 Å². The lowest BCUT2D eigenvalue weighted by molar-refractivity contribution is -0.139. The molecular weight excluding hydrogens is 180 g/mol. The molecule has 1 N–H and O–H groups in total. The van der Waals surface area contributed by atoms with Gasteiger partial charge >= 0.3 is 5.97 Å². The fourth-order valence-electron chi connectivity index (χ4n) is 1.37. The zero-order valence-corrected chi connectivity index (χ0v) is 7.78. The van der Waals surface area contributed by atoms with E-state index in [0.29, 0.717) is 0 Å². The van der Waals surface area contributed by atoms with Crippen LogP contribution in [-0.4, -0.2) is 23.0 Å². The summed E-state index contributed by atoms with van der Waals surface area (Å²) in [6, 6.07) is 3.77. The van der Waals surface area contributed by atoms with Gasteiger partial charge in [-0.1, -0.05) is 0 Å². The van der Waals surface area contributed by atoms with Crippen LogP contribution in [0.15, 0.2) is 24.5 Å². The van der Waals surface area contributed by atoms with Crippen LogP contribution in [0.2, 0.25) is 0 Å². The van der Waals surface area contributed by atoms with Crippen molar-refractivity contribution < 1.29 is 9.53 Å². The number of nitrogens with one attached hydrogen (secondary N) is 1. The second-order valence-electron chi connectivity index (χ2n) is 2.97. The number of methoxy groups -OCH3 is 1. The van der Waals surface area contributed by atoms with E-state index in [0.717, 1.165) is 16.6 Å². The minimum Gasteiger partial charge on any atom is -0.469 e. The van der Waals surface area contributed by atoms with Gasteiger partial charge in [0.15, 0.2) is 0 Å². The fourth-order valence-corrected chi connectivity index (χ4v) is 1.37. The van der Waals surface area contributed by atoms with Gasteiger partial charge in [-0.05, 0) is 12.1 Å². The maximum Gasteiger partial charge on any atom is 0.310 e. The van der Waals surface area contributed by atoms with Crippen LogP contribution in [0.25, 0.3) is 11.0 Å². The highest BCUT2D eigenvalue weighted by Crippen LogP contribution is 2.15. The topological polar surface area (TPSA) is 55.0 Å². The first-order valence-electron chi connectivity index (χ1n) is 4.29. The molecule has 0 aliphatic heterocycles. The Morgan fingerprint density at radius 2 is 2.50 bits per heavy atom. The number of fused-ring (bicyclic) bond motifs is 1. The SMILES string of the molecule is COC(=O)Cc1c[nH]c2cccnc12. The number of hydrogen-bond acceptors (Lipinski definition) is 3. The fraction of sp³-hybridized carbons (Fsp3) is 0.200. The molecule has 14 heavy (non-hydrogen) atoms. The second-order valence-corrected chi connectivity index (χ2v) is 2.97. The number of pyridine rings is 1. The highest BCUT2D eigenvalue weighted by molar-refractivity contribution is 5.83. The monoisotopic (exact) mass is 190 g/mol. The van der Waals surface area contributed by atoms with Gasteiger partial charge < -0.3 is 9.72 Å². The number of aromatic amines is 1. The number of carbonyl (C=O) groups is 1. The first kappa shape index (κ1) is 8.74. The number of carbonyl (C=O) groups excluding carboxylic acids is 1. The first-order chi connectivity index (χ1) is 6.81. The normalized spacial score (nSPS) is 10.4. The minimum atomic E-state index is -0.253. The van der Waals surface area contributed by atoms with Gasteiger partial charge in [0.1, 0.15) is 0 Å². The van der Waals surface area contributed by atoms with Gasteiger partial charge in [-0.2, -0.15) is 0 Å². The second kappa shape index (κ2) is 3.49. The number of nitrogens with zero attached hydrogens (tertiary/aromatic N) is 1. The summed E-state index contributed by atoms with van der Waals surface area (Å²) in [6.45, 7) is 0. The summed E-state index contributed by atoms with van der Waals surface area (Å²) < 4.78 is 4.59. The molecule has 0 spiro atoms. The Bertz CT molecular complexity index is 462. The number of rotatable bonds is 2. The van der Waals surface area contributed by atoms with Crippen molar-refractivity contribution in [3.8, 4) is 0 Å². The first-order valence-corrected chi connectivity index (χ1v) is 4.29. The number of H-pyrrole nitrogens is 1. The predicted octanol–water partition coefficient (Wildman–Crippen LogP) is 1.28. The summed E-state index contributed by atoms with van der Waals surface area (Å²) in [7, 11) is 1.38. The van der Waals surface area contributed by atoms with Gasteiger partial charge in [0.05, 0.1) is 24.6 Å². The maximum absolute atomic E-state index is 11.1. The molecule has 0 bridgehead atoms. The molecule has 0 saturated heterocycles. The molecule has 0 amide bonds. The summed E-state index contributed by atoms with van der Waals surface area (Å²) in [4.78, 5) is 18.3. The van der Waals surface area contributed by atoms with Gasteiger partial charge in [-0.3, -0.25) is 9.78 Å². The average Bonchev–Trinajstić information content (AvgIpc) is 2.62. The molecule has 2 rings (SSSR count). The van der Waals surface area contributed by atoms with Crippen molar-refractivity contribution in [2.75, 3.05) is 7.11 Å². The summed E-state index contributed by atoms with van der Waals surface area (Å²) in [5, 5.41) is 0. The van der Waals surface area contributed by atoms with Crippen LogP contribution in [0.5, 0.6) is 0 Å². The molecule has 0 aromatic carbocycles. The van der Waals surface area contributed by atoms with E-state index in [9.17, 15) is 4.79 Å². The lowest BCUT2D eigenvalue weighted by Gasteiger charge is -1.96. The van der Waals surface area contributed by atoms with Crippen LogP contribution in [0.3, 0.4) is 0 Å². The van der Waals surface area contributed by atoms with Gasteiger partial charge in [-0.25, -0.2) is 0 Å². The third-order valence-corrected chi connectivity index (χ3v) is 2.08. The van der Waals surface area contributed by atoms with Crippen molar-refractivity contribution in [3.63, 3.8) is 0 Å². The van der Waals surface area contributed by atoms with E-state index < -0.39 is 0 Å². The lowest BCUT2D eigenvalue weighted by atomic mass is 10.2. The molecular formula is C10H10N2O2. The van der Waals surface area contributed by atoms with Crippen molar-refractivity contribution >= 4 is 17.0 Å². The van der Waals surface area contributed by atoms with Crippen molar-refractivity contribution in [1.29, 1.82) is 0 Å². The van der Waals surface area contributed by atoms with Gasteiger partial charge in [0.25, 0.3) is 0 Å². The number of ether oxygens (including phenoxy) is 1. The molecule has 2 heterocycles. The highest BCUT2D eigenvalue weighted by atomic mass is 16.5. The standard InChI is InChI=1S/C10H10N2O2/c1-14-9(13)5-7-6-12-8-3-2-4-11-10(7)8/h2-4,6,12H,5H2,1H3. The Morgan fingerprint density at radius 1 is 1.64 bits per heavy atom. The van der Waals surface area contributed by atoms with E-state index in [1.54, 1.807) is 12.4 Å². The lowest BCUT2D eigenvalue weighted by Crippen LogP contribution is -2.03. The average molecular weight is 190 g/mol. The zero-order chi connectivity index (χ0) is 9.97. The van der Waals surface area contributed by atoms with Crippen LogP contribution in [0.1, 0.15) is 5.56 Å². The molecule has 0 fully saturated rings. The molecule has 0 atom stereocenters. The summed E-state index contributed by atoms with van der Waals surface area (Å²) >= 11 is 0. The molecule has 2 aromatic rings. The Balaban J connectivity index is 2.38. The van der Waals surface area contributed by atoms with E-state index in [1.165, 1.54) is 7.11 Å². The quantitative estimate of drug-likeness (QED) is 0.726. The molecule has 0 saturated carbocycles.